The predicted octanol–water partition coefficient (Wildman–Crippen LogP) is 5.30. The van der Waals surface area contributed by atoms with Gasteiger partial charge in [-0.15, -0.1) is 0 Å². The monoisotopic (exact) mass is 506 g/mol. The molecule has 1 aliphatic heterocycles. The Bertz CT molecular complexity index is 1400. The van der Waals surface area contributed by atoms with Crippen molar-refractivity contribution < 1.29 is 50.5 Å². The summed E-state index contributed by atoms with van der Waals surface area (Å²) in [4.78, 5) is 24.9. The van der Waals surface area contributed by atoms with Crippen molar-refractivity contribution in [3.05, 3.63) is 87.9 Å². The van der Waals surface area contributed by atoms with E-state index < -0.39 is 53.2 Å². The maximum Gasteiger partial charge on any atom is 0.349 e. The molecule has 0 bridgehead atoms. The van der Waals surface area contributed by atoms with Crippen LogP contribution >= 0.6 is 0 Å². The number of aryl methyl sites for hydroxylation is 1. The zero-order valence-corrected chi connectivity index (χ0v) is 18.6. The summed E-state index contributed by atoms with van der Waals surface area (Å²) in [5.41, 5.74) is 1.27. The number of benzene rings is 3. The van der Waals surface area contributed by atoms with E-state index in [9.17, 15) is 31.5 Å². The third kappa shape index (κ3) is 4.59. The van der Waals surface area contributed by atoms with E-state index in [0.29, 0.717) is 16.9 Å². The fourth-order valence-electron chi connectivity index (χ4n) is 3.42. The van der Waals surface area contributed by atoms with Crippen LogP contribution in [0.3, 0.4) is 0 Å². The standard InChI is InChI=1S/C25H15F5O6/c1-11-6-14(35-17(31)10-34-25-22(29)20(27)19(26)21(28)23(25)30)9-15-18(11)24(32)16(36-15)8-12-4-3-5-13(7-12)33-2/h3-9H,10H2,1-2H3/b16-8-. The van der Waals surface area contributed by atoms with Crippen LogP contribution in [0.5, 0.6) is 23.0 Å². The van der Waals surface area contributed by atoms with Gasteiger partial charge in [0.15, 0.2) is 18.1 Å². The number of hydrogen-bond acceptors (Lipinski definition) is 6. The van der Waals surface area contributed by atoms with Gasteiger partial charge in [-0.3, -0.25) is 4.79 Å². The van der Waals surface area contributed by atoms with Gasteiger partial charge in [0.25, 0.3) is 0 Å². The number of carbonyl (C=O) groups excluding carboxylic acids is 2. The van der Waals surface area contributed by atoms with Crippen LogP contribution in [-0.2, 0) is 4.79 Å². The first-order valence-corrected chi connectivity index (χ1v) is 10.2. The molecule has 4 rings (SSSR count). The Morgan fingerprint density at radius 1 is 0.944 bits per heavy atom. The molecule has 3 aromatic rings. The Kier molecular flexibility index (Phi) is 6.65. The number of hydrogen-bond donors (Lipinski definition) is 0. The largest absolute Gasteiger partial charge is 0.497 e. The topological polar surface area (TPSA) is 71.1 Å². The highest BCUT2D eigenvalue weighted by molar-refractivity contribution is 6.15. The zero-order valence-electron chi connectivity index (χ0n) is 18.6. The summed E-state index contributed by atoms with van der Waals surface area (Å²) in [5.74, 6) is -13.9. The van der Waals surface area contributed by atoms with Crippen LogP contribution < -0.4 is 18.9 Å². The van der Waals surface area contributed by atoms with Crippen molar-refractivity contribution in [3.8, 4) is 23.0 Å². The molecule has 0 atom stereocenters. The molecular weight excluding hydrogens is 491 g/mol. The van der Waals surface area contributed by atoms with Gasteiger partial charge in [-0.1, -0.05) is 12.1 Å². The van der Waals surface area contributed by atoms with Gasteiger partial charge in [0, 0.05) is 6.07 Å². The number of esters is 1. The average Bonchev–Trinajstić information content (AvgIpc) is 3.16. The van der Waals surface area contributed by atoms with Crippen LogP contribution in [0.1, 0.15) is 21.5 Å². The lowest BCUT2D eigenvalue weighted by Crippen LogP contribution is -2.19. The molecule has 0 aliphatic carbocycles. The Hall–Kier alpha value is -4.41. The second-order valence-electron chi connectivity index (χ2n) is 7.49. The van der Waals surface area contributed by atoms with Crippen molar-refractivity contribution in [2.75, 3.05) is 13.7 Å². The number of carbonyl (C=O) groups is 2. The maximum atomic E-state index is 13.7. The lowest BCUT2D eigenvalue weighted by Gasteiger charge is -2.11. The summed E-state index contributed by atoms with van der Waals surface area (Å²) in [7, 11) is 1.50. The fourth-order valence-corrected chi connectivity index (χ4v) is 3.42. The second kappa shape index (κ2) is 9.68. The van der Waals surface area contributed by atoms with E-state index in [4.69, 9.17) is 14.2 Å². The third-order valence-corrected chi connectivity index (χ3v) is 5.07. The fraction of sp³-hybridized carbons (Fsp3) is 0.120. The minimum atomic E-state index is -2.36. The number of rotatable bonds is 6. The summed E-state index contributed by atoms with van der Waals surface area (Å²) in [6.45, 7) is 0.395. The van der Waals surface area contributed by atoms with Crippen LogP contribution in [0, 0.1) is 36.0 Å². The minimum absolute atomic E-state index is 0.0134. The summed E-state index contributed by atoms with van der Waals surface area (Å²) in [5, 5.41) is 0. The van der Waals surface area contributed by atoms with Crippen LogP contribution in [0.15, 0.2) is 42.2 Å². The first-order valence-electron chi connectivity index (χ1n) is 10.2. The highest BCUT2D eigenvalue weighted by Crippen LogP contribution is 2.38. The van der Waals surface area contributed by atoms with E-state index in [1.54, 1.807) is 31.2 Å². The normalized spacial score (nSPS) is 13.4. The number of ether oxygens (including phenoxy) is 4. The molecule has 0 N–H and O–H groups in total. The molecule has 1 heterocycles. The van der Waals surface area contributed by atoms with Crippen LogP contribution in [0.25, 0.3) is 6.08 Å². The molecule has 0 radical (unpaired) electrons. The van der Waals surface area contributed by atoms with Gasteiger partial charge >= 0.3 is 5.97 Å². The number of ketones is 1. The molecule has 6 nitrogen and oxygen atoms in total. The van der Waals surface area contributed by atoms with E-state index in [-0.39, 0.29) is 22.8 Å². The molecule has 0 saturated carbocycles. The number of methoxy groups -OCH3 is 1. The molecule has 11 heteroatoms. The number of Topliss-reactive ketones (excluding diaryl/α,β-unsaturated/α-hetero) is 1. The van der Waals surface area contributed by atoms with E-state index in [1.807, 2.05) is 0 Å². The van der Waals surface area contributed by atoms with Crippen molar-refractivity contribution in [2.45, 2.75) is 6.92 Å². The molecule has 1 aliphatic rings. The molecule has 0 unspecified atom stereocenters. The molecule has 0 amide bonds. The number of fused-ring (bicyclic) bond motifs is 1. The van der Waals surface area contributed by atoms with Crippen molar-refractivity contribution in [1.82, 2.24) is 0 Å². The van der Waals surface area contributed by atoms with Crippen molar-refractivity contribution in [2.24, 2.45) is 0 Å². The summed E-state index contributed by atoms with van der Waals surface area (Å²) in [6.07, 6.45) is 1.51. The van der Waals surface area contributed by atoms with E-state index >= 15 is 0 Å². The zero-order chi connectivity index (χ0) is 26.1. The Balaban J connectivity index is 1.50. The van der Waals surface area contributed by atoms with Gasteiger partial charge in [-0.25, -0.2) is 18.0 Å². The van der Waals surface area contributed by atoms with Crippen molar-refractivity contribution >= 4 is 17.8 Å². The Labute approximate surface area is 200 Å². The molecule has 186 valence electrons. The predicted molar refractivity (Wildman–Crippen MR) is 114 cm³/mol. The molecule has 0 spiro atoms. The third-order valence-electron chi connectivity index (χ3n) is 5.07. The molecular formula is C25H15F5O6. The van der Waals surface area contributed by atoms with Gasteiger partial charge in [-0.05, 0) is 42.3 Å². The highest BCUT2D eigenvalue weighted by Gasteiger charge is 2.31. The van der Waals surface area contributed by atoms with E-state index in [0.717, 1.165) is 0 Å². The Morgan fingerprint density at radius 3 is 2.28 bits per heavy atom. The van der Waals surface area contributed by atoms with Crippen LogP contribution in [0.2, 0.25) is 0 Å². The van der Waals surface area contributed by atoms with Gasteiger partial charge in [0.1, 0.15) is 17.2 Å². The number of allylic oxidation sites excluding steroid dienone is 1. The SMILES string of the molecule is COc1cccc(/C=C2\Oc3cc(OC(=O)COc4c(F)c(F)c(F)c(F)c4F)cc(C)c3C2=O)c1. The minimum Gasteiger partial charge on any atom is -0.497 e. The molecule has 3 aromatic carbocycles. The molecule has 0 saturated heterocycles. The highest BCUT2D eigenvalue weighted by atomic mass is 19.2. The summed E-state index contributed by atoms with van der Waals surface area (Å²) in [6, 6.07) is 9.47. The maximum absolute atomic E-state index is 13.7. The van der Waals surface area contributed by atoms with E-state index in [1.165, 1.54) is 25.3 Å². The Morgan fingerprint density at radius 2 is 1.61 bits per heavy atom. The van der Waals surface area contributed by atoms with Gasteiger partial charge < -0.3 is 18.9 Å². The molecule has 36 heavy (non-hydrogen) atoms. The first kappa shape index (κ1) is 24.7. The summed E-state index contributed by atoms with van der Waals surface area (Å²) < 4.78 is 87.4. The van der Waals surface area contributed by atoms with Gasteiger partial charge in [0.2, 0.25) is 34.9 Å². The van der Waals surface area contributed by atoms with E-state index in [2.05, 4.69) is 4.74 Å². The van der Waals surface area contributed by atoms with Crippen LogP contribution in [-0.4, -0.2) is 25.5 Å². The lowest BCUT2D eigenvalue weighted by molar-refractivity contribution is -0.136. The quantitative estimate of drug-likeness (QED) is 0.113. The molecule has 0 aromatic heterocycles. The van der Waals surface area contributed by atoms with Gasteiger partial charge in [-0.2, -0.15) is 8.78 Å². The number of halogens is 5. The first-order chi connectivity index (χ1) is 17.1. The van der Waals surface area contributed by atoms with Crippen molar-refractivity contribution in [1.29, 1.82) is 0 Å². The molecule has 0 fully saturated rings. The van der Waals surface area contributed by atoms with Gasteiger partial charge in [0.05, 0.1) is 12.7 Å². The second-order valence-corrected chi connectivity index (χ2v) is 7.49. The summed E-state index contributed by atoms with van der Waals surface area (Å²) >= 11 is 0. The lowest BCUT2D eigenvalue weighted by atomic mass is 10.0. The van der Waals surface area contributed by atoms with Crippen LogP contribution in [0.4, 0.5) is 22.0 Å². The van der Waals surface area contributed by atoms with Crippen molar-refractivity contribution in [3.63, 3.8) is 0 Å². The smallest absolute Gasteiger partial charge is 0.349 e. The average molecular weight is 506 g/mol.